The number of hydrogen-bond acceptors (Lipinski definition) is 6. The van der Waals surface area contributed by atoms with Crippen molar-refractivity contribution in [1.29, 1.82) is 0 Å². The van der Waals surface area contributed by atoms with E-state index >= 15 is 0 Å². The quantitative estimate of drug-likeness (QED) is 0.600. The van der Waals surface area contributed by atoms with Gasteiger partial charge in [0.05, 0.1) is 11.3 Å². The minimum absolute atomic E-state index is 0.0497. The van der Waals surface area contributed by atoms with Crippen molar-refractivity contribution in [3.63, 3.8) is 0 Å². The molecule has 1 amide bonds. The molecule has 9 heteroatoms. The molecule has 1 aliphatic carbocycles. The smallest absolute Gasteiger partial charge is 0.251 e. The number of amides is 1. The number of halogens is 2. The summed E-state index contributed by atoms with van der Waals surface area (Å²) in [6, 6.07) is 2.00. The summed E-state index contributed by atoms with van der Waals surface area (Å²) in [6.45, 7) is 3.77. The molecule has 1 saturated heterocycles. The summed E-state index contributed by atoms with van der Waals surface area (Å²) in [4.78, 5) is 28.2. The van der Waals surface area contributed by atoms with Crippen LogP contribution in [-0.4, -0.2) is 40.8 Å². The van der Waals surface area contributed by atoms with E-state index in [1.54, 1.807) is 0 Å². The summed E-state index contributed by atoms with van der Waals surface area (Å²) in [7, 11) is 0. The molecule has 34 heavy (non-hydrogen) atoms. The molecular weight excluding hydrogens is 440 g/mol. The molecule has 1 aromatic heterocycles. The summed E-state index contributed by atoms with van der Waals surface area (Å²) in [6.07, 6.45) is 10.3. The van der Waals surface area contributed by atoms with Crippen LogP contribution >= 0.6 is 0 Å². The van der Waals surface area contributed by atoms with Crippen molar-refractivity contribution in [3.8, 4) is 0 Å². The van der Waals surface area contributed by atoms with Crippen molar-refractivity contribution in [3.05, 3.63) is 52.9 Å². The van der Waals surface area contributed by atoms with Gasteiger partial charge in [-0.2, -0.15) is 0 Å². The van der Waals surface area contributed by atoms with Crippen LogP contribution in [0.5, 0.6) is 0 Å². The number of piperidine rings is 1. The summed E-state index contributed by atoms with van der Waals surface area (Å²) < 4.78 is 28.5. The van der Waals surface area contributed by atoms with Gasteiger partial charge in [-0.25, -0.2) is 18.7 Å². The molecule has 2 aromatic rings. The molecule has 7 nitrogen and oxygen atoms in total. The molecule has 2 heterocycles. The van der Waals surface area contributed by atoms with Gasteiger partial charge in [-0.15, -0.1) is 0 Å². The Morgan fingerprint density at radius 1 is 1.12 bits per heavy atom. The van der Waals surface area contributed by atoms with E-state index in [2.05, 4.69) is 26.9 Å². The number of carbonyl (C=O) groups excluding carboxylic acids is 1. The van der Waals surface area contributed by atoms with Crippen LogP contribution in [0.4, 0.5) is 14.7 Å². The van der Waals surface area contributed by atoms with Crippen molar-refractivity contribution in [2.24, 2.45) is 10.9 Å². The summed E-state index contributed by atoms with van der Waals surface area (Å²) in [5.74, 6) is -1.70. The average Bonchev–Trinajstić information content (AvgIpc) is 2.85. The lowest BCUT2D eigenvalue weighted by atomic mass is 9.82. The van der Waals surface area contributed by atoms with E-state index in [0.717, 1.165) is 68.1 Å². The van der Waals surface area contributed by atoms with E-state index in [1.807, 2.05) is 12.4 Å². The van der Waals surface area contributed by atoms with Crippen LogP contribution in [0.2, 0.25) is 0 Å². The number of aryl methyl sites for hydroxylation is 1. The molecule has 2 fully saturated rings. The van der Waals surface area contributed by atoms with E-state index < -0.39 is 23.1 Å². The number of primary amides is 1. The number of benzene rings is 1. The molecule has 2 aliphatic rings. The number of anilines is 1. The van der Waals surface area contributed by atoms with Crippen molar-refractivity contribution < 1.29 is 18.4 Å². The first-order valence-electron chi connectivity index (χ1n) is 12.0. The number of rotatable bonds is 7. The Kier molecular flexibility index (Phi) is 7.70. The van der Waals surface area contributed by atoms with Gasteiger partial charge in [0.1, 0.15) is 17.7 Å². The molecule has 0 bridgehead atoms. The fraction of sp³-hybridized carbons (Fsp3) is 0.520. The number of nitrogens with zero attached hydrogens (tertiary/aromatic N) is 4. The normalized spacial score (nSPS) is 19.2. The Morgan fingerprint density at radius 2 is 1.79 bits per heavy atom. The molecule has 0 unspecified atom stereocenters. The summed E-state index contributed by atoms with van der Waals surface area (Å²) >= 11 is 0. The minimum Gasteiger partial charge on any atom is -0.392 e. The number of oxime groups is 1. The van der Waals surface area contributed by atoms with Gasteiger partial charge in [0.15, 0.2) is 0 Å². The molecule has 2 N–H and O–H groups in total. The fourth-order valence-electron chi connectivity index (χ4n) is 4.66. The molecule has 1 aromatic carbocycles. The van der Waals surface area contributed by atoms with Crippen LogP contribution in [0.3, 0.4) is 0 Å². The third kappa shape index (κ3) is 5.69. The van der Waals surface area contributed by atoms with Crippen molar-refractivity contribution >= 4 is 17.6 Å². The third-order valence-electron chi connectivity index (χ3n) is 6.64. The highest BCUT2D eigenvalue weighted by atomic mass is 19.1. The Morgan fingerprint density at radius 3 is 2.41 bits per heavy atom. The second kappa shape index (κ2) is 10.9. The Balaban J connectivity index is 1.25. The topological polar surface area (TPSA) is 93.7 Å². The highest BCUT2D eigenvalue weighted by Gasteiger charge is 2.26. The average molecular weight is 472 g/mol. The van der Waals surface area contributed by atoms with Crippen LogP contribution in [0.25, 0.3) is 0 Å². The number of carbonyl (C=O) groups is 1. The third-order valence-corrected chi connectivity index (χ3v) is 6.64. The minimum atomic E-state index is -0.971. The standard InChI is InChI=1S/C25H31F2N5O2/c1-2-3-16-14-29-25(30-15-16)32-10-8-19(9-11-32)34-31-18-6-4-17(5-7-18)20-12-23(27)21(24(28)33)13-22(20)26/h12-15,17,19H,2-11H2,1H3,(H2,28,33). The Bertz CT molecular complexity index is 1030. The lowest BCUT2D eigenvalue weighted by Crippen LogP contribution is -2.37. The van der Waals surface area contributed by atoms with Crippen LogP contribution in [-0.2, 0) is 11.3 Å². The second-order valence-electron chi connectivity index (χ2n) is 9.08. The highest BCUT2D eigenvalue weighted by molar-refractivity contribution is 5.93. The van der Waals surface area contributed by atoms with E-state index in [9.17, 15) is 13.6 Å². The molecule has 0 spiro atoms. The van der Waals surface area contributed by atoms with Crippen molar-refractivity contribution in [2.75, 3.05) is 18.0 Å². The predicted octanol–water partition coefficient (Wildman–Crippen LogP) is 4.51. The van der Waals surface area contributed by atoms with Gasteiger partial charge in [-0.1, -0.05) is 18.5 Å². The molecule has 0 radical (unpaired) electrons. The van der Waals surface area contributed by atoms with Crippen LogP contribution in [0, 0.1) is 11.6 Å². The first-order valence-corrected chi connectivity index (χ1v) is 12.0. The maximum Gasteiger partial charge on any atom is 0.251 e. The lowest BCUT2D eigenvalue weighted by molar-refractivity contribution is 0.0406. The molecule has 4 rings (SSSR count). The van der Waals surface area contributed by atoms with Gasteiger partial charge in [0.2, 0.25) is 5.95 Å². The fourth-order valence-corrected chi connectivity index (χ4v) is 4.66. The number of nitrogens with two attached hydrogens (primary N) is 1. The van der Waals surface area contributed by atoms with Crippen molar-refractivity contribution in [2.45, 2.75) is 70.3 Å². The second-order valence-corrected chi connectivity index (χ2v) is 9.08. The van der Waals surface area contributed by atoms with Gasteiger partial charge in [-0.3, -0.25) is 4.79 Å². The van der Waals surface area contributed by atoms with Crippen LogP contribution < -0.4 is 10.6 Å². The van der Waals surface area contributed by atoms with Crippen LogP contribution in [0.15, 0.2) is 29.7 Å². The van der Waals surface area contributed by atoms with E-state index in [0.29, 0.717) is 31.2 Å². The zero-order chi connectivity index (χ0) is 24.1. The first kappa shape index (κ1) is 24.0. The zero-order valence-electron chi connectivity index (χ0n) is 19.5. The van der Waals surface area contributed by atoms with E-state index in [1.165, 1.54) is 0 Å². The summed E-state index contributed by atoms with van der Waals surface area (Å²) in [5.41, 5.74) is 7.07. The van der Waals surface area contributed by atoms with Gasteiger partial charge in [0.25, 0.3) is 5.91 Å². The largest absolute Gasteiger partial charge is 0.392 e. The summed E-state index contributed by atoms with van der Waals surface area (Å²) in [5, 5.41) is 4.38. The first-order chi connectivity index (χ1) is 16.4. The maximum atomic E-state index is 14.4. The van der Waals surface area contributed by atoms with Gasteiger partial charge < -0.3 is 15.5 Å². The Hall–Kier alpha value is -3.10. The molecule has 182 valence electrons. The zero-order valence-corrected chi connectivity index (χ0v) is 19.5. The lowest BCUT2D eigenvalue weighted by Gasteiger charge is -2.31. The van der Waals surface area contributed by atoms with Crippen molar-refractivity contribution in [1.82, 2.24) is 9.97 Å². The van der Waals surface area contributed by atoms with Gasteiger partial charge in [0, 0.05) is 38.3 Å². The van der Waals surface area contributed by atoms with E-state index in [-0.39, 0.29) is 12.0 Å². The number of aromatic nitrogens is 2. The molecule has 0 atom stereocenters. The van der Waals surface area contributed by atoms with Crippen LogP contribution in [0.1, 0.15) is 79.3 Å². The monoisotopic (exact) mass is 471 g/mol. The van der Waals surface area contributed by atoms with Gasteiger partial charge >= 0.3 is 0 Å². The highest BCUT2D eigenvalue weighted by Crippen LogP contribution is 2.34. The maximum absolute atomic E-state index is 14.4. The SMILES string of the molecule is CCCc1cnc(N2CCC(ON=C3CCC(c4cc(F)c(C(N)=O)cc4F)CC3)CC2)nc1. The van der Waals surface area contributed by atoms with E-state index in [4.69, 9.17) is 10.6 Å². The Labute approximate surface area is 198 Å². The number of hydrogen-bond donors (Lipinski definition) is 1. The molecule has 1 saturated carbocycles. The van der Waals surface area contributed by atoms with Gasteiger partial charge in [-0.05, 0) is 61.3 Å². The molecular formula is C25H31F2N5O2. The molecule has 1 aliphatic heterocycles. The predicted molar refractivity (Wildman–Crippen MR) is 126 cm³/mol.